The summed E-state index contributed by atoms with van der Waals surface area (Å²) in [5, 5.41) is 7.67. The minimum absolute atomic E-state index is 0.101. The second-order valence-electron chi connectivity index (χ2n) is 6.91. The molecule has 1 aromatic heterocycles. The van der Waals surface area contributed by atoms with Crippen molar-refractivity contribution in [2.45, 2.75) is 51.0 Å². The number of rotatable bonds is 4. The number of benzene rings is 1. The number of anilines is 1. The molecular weight excluding hydrogens is 286 g/mol. The van der Waals surface area contributed by atoms with Crippen molar-refractivity contribution in [2.75, 3.05) is 5.32 Å². The van der Waals surface area contributed by atoms with Gasteiger partial charge in [0.15, 0.2) is 0 Å². The Balaban J connectivity index is 1.47. The van der Waals surface area contributed by atoms with Crippen molar-refractivity contribution in [1.82, 2.24) is 9.78 Å². The summed E-state index contributed by atoms with van der Waals surface area (Å²) in [5.74, 6) is 1.52. The van der Waals surface area contributed by atoms with Gasteiger partial charge in [0.25, 0.3) is 0 Å². The summed E-state index contributed by atoms with van der Waals surface area (Å²) >= 11 is 0. The van der Waals surface area contributed by atoms with Gasteiger partial charge in [-0.15, -0.1) is 0 Å². The molecule has 0 saturated heterocycles. The average molecular weight is 309 g/mol. The maximum absolute atomic E-state index is 12.6. The van der Waals surface area contributed by atoms with E-state index in [1.807, 2.05) is 36.0 Å². The van der Waals surface area contributed by atoms with Crippen molar-refractivity contribution in [3.63, 3.8) is 0 Å². The molecule has 0 radical (unpaired) electrons. The van der Waals surface area contributed by atoms with E-state index in [1.165, 1.54) is 31.2 Å². The first-order valence-electron chi connectivity index (χ1n) is 8.64. The second-order valence-corrected chi connectivity index (χ2v) is 6.91. The molecule has 2 fully saturated rings. The van der Waals surface area contributed by atoms with E-state index in [9.17, 15) is 4.79 Å². The summed E-state index contributed by atoms with van der Waals surface area (Å²) in [6, 6.07) is 10.8. The maximum atomic E-state index is 12.6. The van der Waals surface area contributed by atoms with E-state index in [0.717, 1.165) is 17.8 Å². The highest BCUT2D eigenvalue weighted by Crippen LogP contribution is 2.48. The molecule has 2 saturated carbocycles. The van der Waals surface area contributed by atoms with Crippen LogP contribution in [-0.4, -0.2) is 15.7 Å². The zero-order valence-electron chi connectivity index (χ0n) is 13.5. The summed E-state index contributed by atoms with van der Waals surface area (Å²) in [7, 11) is 0. The highest BCUT2D eigenvalue weighted by Gasteiger charge is 2.44. The first kappa shape index (κ1) is 14.5. The van der Waals surface area contributed by atoms with E-state index in [2.05, 4.69) is 22.5 Å². The van der Waals surface area contributed by atoms with Crippen LogP contribution in [0.5, 0.6) is 0 Å². The van der Waals surface area contributed by atoms with Crippen LogP contribution in [0.25, 0.3) is 0 Å². The molecule has 1 heterocycles. The molecule has 1 N–H and O–H groups in total. The van der Waals surface area contributed by atoms with Crippen LogP contribution in [0.15, 0.2) is 36.5 Å². The fraction of sp³-hybridized carbons (Fsp3) is 0.474. The Hall–Kier alpha value is -2.10. The largest absolute Gasteiger partial charge is 0.310 e. The molecule has 4 heteroatoms. The number of hydrogen-bond acceptors (Lipinski definition) is 2. The van der Waals surface area contributed by atoms with Crippen LogP contribution >= 0.6 is 0 Å². The van der Waals surface area contributed by atoms with Gasteiger partial charge in [-0.3, -0.25) is 4.79 Å². The lowest BCUT2D eigenvalue weighted by atomic mass is 10.1. The Morgan fingerprint density at radius 1 is 1.22 bits per heavy atom. The van der Waals surface area contributed by atoms with Gasteiger partial charge in [0.05, 0.1) is 12.2 Å². The van der Waals surface area contributed by atoms with Crippen molar-refractivity contribution in [3.8, 4) is 0 Å². The van der Waals surface area contributed by atoms with Gasteiger partial charge in [-0.2, -0.15) is 5.10 Å². The van der Waals surface area contributed by atoms with Gasteiger partial charge in [-0.1, -0.05) is 43.2 Å². The summed E-state index contributed by atoms with van der Waals surface area (Å²) < 4.78 is 2.04. The smallest absolute Gasteiger partial charge is 0.229 e. The van der Waals surface area contributed by atoms with E-state index >= 15 is 0 Å². The molecule has 1 aromatic carbocycles. The topological polar surface area (TPSA) is 46.9 Å². The molecule has 4 nitrogen and oxygen atoms in total. The zero-order chi connectivity index (χ0) is 15.8. The summed E-state index contributed by atoms with van der Waals surface area (Å²) in [6.45, 7) is 2.02. The van der Waals surface area contributed by atoms with E-state index in [4.69, 9.17) is 0 Å². The molecule has 0 unspecified atom stereocenters. The molecule has 2 aliphatic carbocycles. The fourth-order valence-electron chi connectivity index (χ4n) is 3.79. The quantitative estimate of drug-likeness (QED) is 0.926. The molecule has 2 aliphatic rings. The van der Waals surface area contributed by atoms with Gasteiger partial charge < -0.3 is 5.32 Å². The molecule has 2 atom stereocenters. The van der Waals surface area contributed by atoms with Crippen LogP contribution in [0.1, 0.15) is 55.2 Å². The van der Waals surface area contributed by atoms with Gasteiger partial charge in [0.2, 0.25) is 5.91 Å². The van der Waals surface area contributed by atoms with Crippen LogP contribution in [0.4, 0.5) is 5.82 Å². The van der Waals surface area contributed by atoms with E-state index < -0.39 is 0 Å². The first-order valence-corrected chi connectivity index (χ1v) is 8.64. The van der Waals surface area contributed by atoms with Gasteiger partial charge in [-0.05, 0) is 37.7 Å². The predicted molar refractivity (Wildman–Crippen MR) is 90.4 cm³/mol. The Kier molecular flexibility index (Phi) is 3.68. The summed E-state index contributed by atoms with van der Waals surface area (Å²) in [5.41, 5.74) is 2.33. The SMILES string of the molecule is Cc1cnn(C2CCCC2)c1NC(=O)[C@@H]1C[C@H]1c1ccccc1. The zero-order valence-corrected chi connectivity index (χ0v) is 13.5. The van der Waals surface area contributed by atoms with Crippen molar-refractivity contribution in [2.24, 2.45) is 5.92 Å². The number of aryl methyl sites for hydroxylation is 1. The molecule has 2 aromatic rings. The minimum atomic E-state index is 0.101. The summed E-state index contributed by atoms with van der Waals surface area (Å²) in [4.78, 5) is 12.6. The molecule has 23 heavy (non-hydrogen) atoms. The molecule has 4 rings (SSSR count). The van der Waals surface area contributed by atoms with Gasteiger partial charge in [-0.25, -0.2) is 4.68 Å². The van der Waals surface area contributed by atoms with Crippen LogP contribution in [0, 0.1) is 12.8 Å². The minimum Gasteiger partial charge on any atom is -0.310 e. The molecule has 1 amide bonds. The monoisotopic (exact) mass is 309 g/mol. The number of amides is 1. The Bertz CT molecular complexity index is 701. The normalized spacial score (nSPS) is 23.9. The Morgan fingerprint density at radius 2 is 1.96 bits per heavy atom. The lowest BCUT2D eigenvalue weighted by Crippen LogP contribution is -2.20. The Labute approximate surface area is 136 Å². The van der Waals surface area contributed by atoms with Crippen molar-refractivity contribution >= 4 is 11.7 Å². The van der Waals surface area contributed by atoms with E-state index in [0.29, 0.717) is 12.0 Å². The van der Waals surface area contributed by atoms with Crippen LogP contribution < -0.4 is 5.32 Å². The number of hydrogen-bond donors (Lipinski definition) is 1. The lowest BCUT2D eigenvalue weighted by Gasteiger charge is -2.15. The number of aromatic nitrogens is 2. The van der Waals surface area contributed by atoms with Crippen molar-refractivity contribution in [1.29, 1.82) is 0 Å². The van der Waals surface area contributed by atoms with E-state index in [1.54, 1.807) is 0 Å². The molecule has 120 valence electrons. The maximum Gasteiger partial charge on any atom is 0.229 e. The van der Waals surface area contributed by atoms with Crippen LogP contribution in [-0.2, 0) is 4.79 Å². The lowest BCUT2D eigenvalue weighted by molar-refractivity contribution is -0.117. The van der Waals surface area contributed by atoms with Crippen molar-refractivity contribution < 1.29 is 4.79 Å². The molecule has 0 spiro atoms. The van der Waals surface area contributed by atoms with Crippen LogP contribution in [0.2, 0.25) is 0 Å². The van der Waals surface area contributed by atoms with E-state index in [-0.39, 0.29) is 11.8 Å². The third-order valence-corrected chi connectivity index (χ3v) is 5.25. The van der Waals surface area contributed by atoms with Gasteiger partial charge in [0.1, 0.15) is 5.82 Å². The predicted octanol–water partition coefficient (Wildman–Crippen LogP) is 4.05. The highest BCUT2D eigenvalue weighted by molar-refractivity contribution is 5.95. The number of carbonyl (C=O) groups is 1. The van der Waals surface area contributed by atoms with Crippen LogP contribution in [0.3, 0.4) is 0 Å². The van der Waals surface area contributed by atoms with Crippen molar-refractivity contribution in [3.05, 3.63) is 47.7 Å². The molecular formula is C19H23N3O. The van der Waals surface area contributed by atoms with Gasteiger partial charge >= 0.3 is 0 Å². The third-order valence-electron chi connectivity index (χ3n) is 5.25. The fourth-order valence-corrected chi connectivity index (χ4v) is 3.79. The number of nitrogens with one attached hydrogen (secondary N) is 1. The first-order chi connectivity index (χ1) is 11.2. The molecule has 0 aliphatic heterocycles. The third kappa shape index (κ3) is 2.78. The standard InChI is InChI=1S/C19H23N3O/c1-13-12-20-22(15-9-5-6-10-15)18(13)21-19(23)17-11-16(17)14-7-3-2-4-8-14/h2-4,7-8,12,15-17H,5-6,9-11H2,1H3,(H,21,23)/t16-,17+/m0/s1. The highest BCUT2D eigenvalue weighted by atomic mass is 16.2. The molecule has 0 bridgehead atoms. The summed E-state index contributed by atoms with van der Waals surface area (Å²) in [6.07, 6.45) is 7.67. The van der Waals surface area contributed by atoms with Gasteiger partial charge in [0, 0.05) is 11.5 Å². The number of carbonyl (C=O) groups excluding carboxylic acids is 1. The average Bonchev–Trinajstić information content (AvgIpc) is 3.05. The number of nitrogens with zero attached hydrogens (tertiary/aromatic N) is 2. The second kappa shape index (κ2) is 5.84. The Morgan fingerprint density at radius 3 is 2.70 bits per heavy atom.